The Morgan fingerprint density at radius 1 is 1.11 bits per heavy atom. The molecule has 140 valence electrons. The van der Waals surface area contributed by atoms with Gasteiger partial charge >= 0.3 is 0 Å². The van der Waals surface area contributed by atoms with Gasteiger partial charge in [-0.15, -0.1) is 0 Å². The van der Waals surface area contributed by atoms with Crippen LogP contribution in [0.25, 0.3) is 5.69 Å². The van der Waals surface area contributed by atoms with E-state index in [-0.39, 0.29) is 12.1 Å². The van der Waals surface area contributed by atoms with Gasteiger partial charge < -0.3 is 10.6 Å². The second-order valence-corrected chi connectivity index (χ2v) is 5.90. The molecule has 3 aromatic rings. The maximum Gasteiger partial charge on any atom is 0.191 e. The summed E-state index contributed by atoms with van der Waals surface area (Å²) in [4.78, 5) is 4.50. The molecule has 0 aliphatic heterocycles. The number of rotatable bonds is 6. The van der Waals surface area contributed by atoms with Crippen molar-refractivity contribution in [1.29, 1.82) is 0 Å². The summed E-state index contributed by atoms with van der Waals surface area (Å²) in [7, 11) is 0. The Morgan fingerprint density at radius 2 is 1.93 bits per heavy atom. The number of nitrogens with zero attached hydrogens (tertiary/aromatic N) is 3. The van der Waals surface area contributed by atoms with Crippen molar-refractivity contribution in [3.8, 4) is 5.69 Å². The zero-order chi connectivity index (χ0) is 19.1. The fourth-order valence-corrected chi connectivity index (χ4v) is 2.55. The highest BCUT2D eigenvalue weighted by Gasteiger charge is 2.05. The molecule has 0 fully saturated rings. The number of guanidine groups is 1. The van der Waals surface area contributed by atoms with Gasteiger partial charge in [-0.25, -0.2) is 18.5 Å². The third kappa shape index (κ3) is 5.13. The quantitative estimate of drug-likeness (QED) is 0.517. The van der Waals surface area contributed by atoms with Crippen molar-refractivity contribution in [2.24, 2.45) is 4.99 Å². The van der Waals surface area contributed by atoms with E-state index in [9.17, 15) is 8.78 Å². The van der Waals surface area contributed by atoms with Gasteiger partial charge in [0.1, 0.15) is 11.6 Å². The van der Waals surface area contributed by atoms with E-state index in [4.69, 9.17) is 0 Å². The SMILES string of the molecule is CCNC(=NCc1ccc(-n2cccn2)cc1)NCc1cc(F)ccc1F. The highest BCUT2D eigenvalue weighted by molar-refractivity contribution is 5.79. The van der Waals surface area contributed by atoms with Crippen LogP contribution < -0.4 is 10.6 Å². The van der Waals surface area contributed by atoms with E-state index in [0.717, 1.165) is 23.4 Å². The normalized spacial score (nSPS) is 11.4. The number of aliphatic imine (C=N–C) groups is 1. The summed E-state index contributed by atoms with van der Waals surface area (Å²) in [6, 6.07) is 13.2. The molecule has 1 aromatic heterocycles. The zero-order valence-electron chi connectivity index (χ0n) is 15.0. The first kappa shape index (κ1) is 18.6. The molecule has 1 heterocycles. The minimum absolute atomic E-state index is 0.146. The van der Waals surface area contributed by atoms with E-state index < -0.39 is 11.6 Å². The average Bonchev–Trinajstić information content (AvgIpc) is 3.21. The van der Waals surface area contributed by atoms with Crippen molar-refractivity contribution in [3.63, 3.8) is 0 Å². The lowest BCUT2D eigenvalue weighted by Gasteiger charge is -2.12. The van der Waals surface area contributed by atoms with Crippen LogP contribution in [-0.2, 0) is 13.1 Å². The monoisotopic (exact) mass is 369 g/mol. The highest BCUT2D eigenvalue weighted by atomic mass is 19.1. The van der Waals surface area contributed by atoms with Crippen molar-refractivity contribution < 1.29 is 8.78 Å². The Bertz CT molecular complexity index is 889. The van der Waals surface area contributed by atoms with E-state index in [0.29, 0.717) is 19.0 Å². The molecule has 3 rings (SSSR count). The van der Waals surface area contributed by atoms with Crippen molar-refractivity contribution in [3.05, 3.63) is 83.7 Å². The Kier molecular flexibility index (Phi) is 6.14. The van der Waals surface area contributed by atoms with Crippen LogP contribution in [0.4, 0.5) is 8.78 Å². The van der Waals surface area contributed by atoms with Gasteiger partial charge in [-0.2, -0.15) is 5.10 Å². The smallest absolute Gasteiger partial charge is 0.191 e. The first-order valence-corrected chi connectivity index (χ1v) is 8.71. The fraction of sp³-hybridized carbons (Fsp3) is 0.200. The Balaban J connectivity index is 1.64. The predicted molar refractivity (Wildman–Crippen MR) is 102 cm³/mol. The molecule has 2 aromatic carbocycles. The molecule has 0 aliphatic rings. The summed E-state index contributed by atoms with van der Waals surface area (Å²) in [6.45, 7) is 3.21. The van der Waals surface area contributed by atoms with Crippen LogP contribution in [0, 0.1) is 11.6 Å². The fourth-order valence-electron chi connectivity index (χ4n) is 2.55. The third-order valence-corrected chi connectivity index (χ3v) is 3.92. The number of hydrogen-bond donors (Lipinski definition) is 2. The summed E-state index contributed by atoms with van der Waals surface area (Å²) in [5.41, 5.74) is 2.25. The maximum absolute atomic E-state index is 13.7. The van der Waals surface area contributed by atoms with Crippen LogP contribution in [0.3, 0.4) is 0 Å². The van der Waals surface area contributed by atoms with Crippen LogP contribution in [-0.4, -0.2) is 22.3 Å². The molecule has 0 aliphatic carbocycles. The molecule has 5 nitrogen and oxygen atoms in total. The van der Waals surface area contributed by atoms with Crippen LogP contribution in [0.1, 0.15) is 18.1 Å². The molecule has 7 heteroatoms. The molecule has 0 atom stereocenters. The number of halogens is 2. The standard InChI is InChI=1S/C20H21F2N5/c1-2-23-20(25-14-16-12-17(21)6-9-19(16)22)24-13-15-4-7-18(8-5-15)27-11-3-10-26-27/h3-12H,2,13-14H2,1H3,(H2,23,24,25). The van der Waals surface area contributed by atoms with Gasteiger partial charge in [0, 0.05) is 31.0 Å². The largest absolute Gasteiger partial charge is 0.357 e. The number of aromatic nitrogens is 2. The van der Waals surface area contributed by atoms with E-state index in [1.165, 1.54) is 6.07 Å². The molecule has 0 unspecified atom stereocenters. The Morgan fingerprint density at radius 3 is 2.63 bits per heavy atom. The van der Waals surface area contributed by atoms with E-state index in [1.54, 1.807) is 10.9 Å². The summed E-state index contributed by atoms with van der Waals surface area (Å²) in [5.74, 6) is -0.376. The lowest BCUT2D eigenvalue weighted by molar-refractivity contribution is 0.581. The minimum Gasteiger partial charge on any atom is -0.357 e. The van der Waals surface area contributed by atoms with Gasteiger partial charge in [0.25, 0.3) is 0 Å². The first-order valence-electron chi connectivity index (χ1n) is 8.71. The lowest BCUT2D eigenvalue weighted by Crippen LogP contribution is -2.37. The maximum atomic E-state index is 13.7. The van der Waals surface area contributed by atoms with E-state index >= 15 is 0 Å². The van der Waals surface area contributed by atoms with Gasteiger partial charge in [0.05, 0.1) is 12.2 Å². The minimum atomic E-state index is -0.465. The van der Waals surface area contributed by atoms with Crippen LogP contribution in [0.2, 0.25) is 0 Å². The van der Waals surface area contributed by atoms with E-state index in [1.807, 2.05) is 43.5 Å². The van der Waals surface area contributed by atoms with Crippen molar-refractivity contribution in [1.82, 2.24) is 20.4 Å². The molecule has 0 saturated carbocycles. The van der Waals surface area contributed by atoms with Gasteiger partial charge in [-0.05, 0) is 48.9 Å². The first-order chi connectivity index (χ1) is 13.2. The summed E-state index contributed by atoms with van der Waals surface area (Å²) < 4.78 is 28.8. The molecule has 0 radical (unpaired) electrons. The second-order valence-electron chi connectivity index (χ2n) is 5.90. The Labute approximate surface area is 156 Å². The molecule has 0 amide bonds. The van der Waals surface area contributed by atoms with Crippen LogP contribution in [0.5, 0.6) is 0 Å². The number of nitrogens with one attached hydrogen (secondary N) is 2. The molecule has 27 heavy (non-hydrogen) atoms. The zero-order valence-corrected chi connectivity index (χ0v) is 15.0. The summed E-state index contributed by atoms with van der Waals surface area (Å²) >= 11 is 0. The van der Waals surface area contributed by atoms with Gasteiger partial charge in [-0.1, -0.05) is 12.1 Å². The summed E-state index contributed by atoms with van der Waals surface area (Å²) in [5, 5.41) is 10.3. The van der Waals surface area contributed by atoms with Crippen LogP contribution >= 0.6 is 0 Å². The number of benzene rings is 2. The van der Waals surface area contributed by atoms with Gasteiger partial charge in [0.15, 0.2) is 5.96 Å². The molecular weight excluding hydrogens is 348 g/mol. The molecular formula is C20H21F2N5. The Hall–Kier alpha value is -3.22. The molecule has 0 bridgehead atoms. The third-order valence-electron chi connectivity index (χ3n) is 3.92. The van der Waals surface area contributed by atoms with Crippen molar-refractivity contribution in [2.75, 3.05) is 6.54 Å². The summed E-state index contributed by atoms with van der Waals surface area (Å²) in [6.07, 6.45) is 3.61. The van der Waals surface area contributed by atoms with Crippen LogP contribution in [0.15, 0.2) is 65.9 Å². The highest BCUT2D eigenvalue weighted by Crippen LogP contribution is 2.10. The molecule has 0 saturated heterocycles. The molecule has 2 N–H and O–H groups in total. The lowest BCUT2D eigenvalue weighted by atomic mass is 10.2. The molecule has 0 spiro atoms. The van der Waals surface area contributed by atoms with Gasteiger partial charge in [-0.3, -0.25) is 0 Å². The second kappa shape index (κ2) is 8.93. The van der Waals surface area contributed by atoms with Crippen molar-refractivity contribution >= 4 is 5.96 Å². The van der Waals surface area contributed by atoms with E-state index in [2.05, 4.69) is 20.7 Å². The van der Waals surface area contributed by atoms with Crippen molar-refractivity contribution in [2.45, 2.75) is 20.0 Å². The average molecular weight is 369 g/mol. The number of hydrogen-bond acceptors (Lipinski definition) is 2. The van der Waals surface area contributed by atoms with Gasteiger partial charge in [0.2, 0.25) is 0 Å². The predicted octanol–water partition coefficient (Wildman–Crippen LogP) is 3.41. The topological polar surface area (TPSA) is 54.2 Å².